The maximum absolute atomic E-state index is 12.4. The van der Waals surface area contributed by atoms with E-state index in [2.05, 4.69) is 13.8 Å². The Morgan fingerprint density at radius 3 is 2.61 bits per heavy atom. The number of halogens is 1. The van der Waals surface area contributed by atoms with E-state index < -0.39 is 0 Å². The molecule has 1 aliphatic rings. The average molecular weight is 269 g/mol. The first kappa shape index (κ1) is 14.8. The molecule has 1 heterocycles. The summed E-state index contributed by atoms with van der Waals surface area (Å²) in [7, 11) is 0. The summed E-state index contributed by atoms with van der Waals surface area (Å²) < 4.78 is 0. The summed E-state index contributed by atoms with van der Waals surface area (Å²) in [5, 5.41) is 0. The van der Waals surface area contributed by atoms with Gasteiger partial charge in [-0.25, -0.2) is 0 Å². The lowest BCUT2D eigenvalue weighted by Gasteiger charge is -2.24. The van der Waals surface area contributed by atoms with E-state index in [9.17, 15) is 4.79 Å². The molecule has 2 N–H and O–H groups in total. The van der Waals surface area contributed by atoms with Crippen molar-refractivity contribution in [1.29, 1.82) is 0 Å². The highest BCUT2D eigenvalue weighted by Crippen LogP contribution is 2.26. The minimum atomic E-state index is 0. The summed E-state index contributed by atoms with van der Waals surface area (Å²) >= 11 is 0. The minimum absolute atomic E-state index is 0. The normalized spacial score (nSPS) is 22.7. The van der Waals surface area contributed by atoms with E-state index in [1.807, 2.05) is 24.0 Å². The summed E-state index contributed by atoms with van der Waals surface area (Å²) in [6.45, 7) is 7.13. The summed E-state index contributed by atoms with van der Waals surface area (Å²) in [6.07, 6.45) is 1.09. The molecule has 2 rings (SSSR count). The van der Waals surface area contributed by atoms with Gasteiger partial charge in [0.05, 0.1) is 0 Å². The second-order valence-electron chi connectivity index (χ2n) is 5.08. The number of carbonyl (C=O) groups excluding carboxylic acids is 1. The van der Waals surface area contributed by atoms with Crippen molar-refractivity contribution in [2.45, 2.75) is 33.2 Å². The highest BCUT2D eigenvalue weighted by Gasteiger charge is 2.31. The fraction of sp³-hybridized carbons (Fsp3) is 0.500. The van der Waals surface area contributed by atoms with Crippen molar-refractivity contribution in [2.24, 2.45) is 5.92 Å². The zero-order valence-electron chi connectivity index (χ0n) is 11.1. The zero-order chi connectivity index (χ0) is 12.6. The van der Waals surface area contributed by atoms with Crippen molar-refractivity contribution in [1.82, 2.24) is 4.90 Å². The van der Waals surface area contributed by atoms with Crippen LogP contribution in [0.3, 0.4) is 0 Å². The van der Waals surface area contributed by atoms with Crippen LogP contribution in [-0.2, 0) is 0 Å². The highest BCUT2D eigenvalue weighted by atomic mass is 35.5. The molecule has 1 aromatic carbocycles. The van der Waals surface area contributed by atoms with Crippen LogP contribution in [0.25, 0.3) is 0 Å². The third-order valence-electron chi connectivity index (χ3n) is 3.89. The standard InChI is InChI=1S/C14H20N2O.ClH/c1-9-6-7-16(11(9)3)14(17)13-8-12(15)5-4-10(13)2;/h4-5,8-9,11H,6-7,15H2,1-3H3;1H. The molecule has 0 aliphatic carbocycles. The molecule has 0 spiro atoms. The van der Waals surface area contributed by atoms with Gasteiger partial charge in [0.1, 0.15) is 0 Å². The van der Waals surface area contributed by atoms with E-state index in [1.54, 1.807) is 6.07 Å². The van der Waals surface area contributed by atoms with E-state index >= 15 is 0 Å². The quantitative estimate of drug-likeness (QED) is 0.796. The molecular weight excluding hydrogens is 248 g/mol. The molecule has 0 aromatic heterocycles. The van der Waals surface area contributed by atoms with Crippen molar-refractivity contribution in [2.75, 3.05) is 12.3 Å². The van der Waals surface area contributed by atoms with E-state index in [0.29, 0.717) is 17.6 Å². The van der Waals surface area contributed by atoms with Gasteiger partial charge in [0, 0.05) is 23.8 Å². The first-order valence-corrected chi connectivity index (χ1v) is 6.18. The molecule has 2 atom stereocenters. The summed E-state index contributed by atoms with van der Waals surface area (Å²) in [6, 6.07) is 5.85. The Morgan fingerprint density at radius 1 is 1.39 bits per heavy atom. The Bertz CT molecular complexity index is 447. The topological polar surface area (TPSA) is 46.3 Å². The molecule has 0 bridgehead atoms. The van der Waals surface area contributed by atoms with Crippen molar-refractivity contribution in [3.05, 3.63) is 29.3 Å². The number of hydrogen-bond acceptors (Lipinski definition) is 2. The van der Waals surface area contributed by atoms with Gasteiger partial charge >= 0.3 is 0 Å². The summed E-state index contributed by atoms with van der Waals surface area (Å²) in [5.41, 5.74) is 8.14. The molecule has 3 nitrogen and oxygen atoms in total. The second kappa shape index (κ2) is 5.61. The maximum Gasteiger partial charge on any atom is 0.254 e. The number of amides is 1. The van der Waals surface area contributed by atoms with Crippen molar-refractivity contribution in [3.63, 3.8) is 0 Å². The van der Waals surface area contributed by atoms with Gasteiger partial charge in [-0.2, -0.15) is 0 Å². The number of carbonyl (C=O) groups is 1. The van der Waals surface area contributed by atoms with Crippen LogP contribution in [0.15, 0.2) is 18.2 Å². The lowest BCUT2D eigenvalue weighted by Crippen LogP contribution is -2.35. The van der Waals surface area contributed by atoms with Gasteiger partial charge in [-0.05, 0) is 43.9 Å². The van der Waals surface area contributed by atoms with Crippen LogP contribution in [0.1, 0.15) is 36.2 Å². The molecule has 100 valence electrons. The van der Waals surface area contributed by atoms with Crippen molar-refractivity contribution < 1.29 is 4.79 Å². The Morgan fingerprint density at radius 2 is 2.06 bits per heavy atom. The third kappa shape index (κ3) is 2.61. The second-order valence-corrected chi connectivity index (χ2v) is 5.08. The highest BCUT2D eigenvalue weighted by molar-refractivity contribution is 5.96. The molecule has 1 saturated heterocycles. The van der Waals surface area contributed by atoms with Gasteiger partial charge in [0.25, 0.3) is 5.91 Å². The van der Waals surface area contributed by atoms with Crippen molar-refractivity contribution >= 4 is 24.0 Å². The maximum atomic E-state index is 12.4. The number of benzene rings is 1. The first-order valence-electron chi connectivity index (χ1n) is 6.18. The Kier molecular flexibility index (Phi) is 4.63. The molecule has 1 amide bonds. The fourth-order valence-electron chi connectivity index (χ4n) is 2.41. The lowest BCUT2D eigenvalue weighted by atomic mass is 10.0. The van der Waals surface area contributed by atoms with Gasteiger partial charge in [-0.15, -0.1) is 12.4 Å². The van der Waals surface area contributed by atoms with Gasteiger partial charge in [-0.3, -0.25) is 4.79 Å². The molecule has 1 aliphatic heterocycles. The smallest absolute Gasteiger partial charge is 0.254 e. The van der Waals surface area contributed by atoms with Crippen LogP contribution in [0.5, 0.6) is 0 Å². The molecule has 4 heteroatoms. The van der Waals surface area contributed by atoms with Crippen molar-refractivity contribution in [3.8, 4) is 0 Å². The van der Waals surface area contributed by atoms with Gasteiger partial charge in [0.15, 0.2) is 0 Å². The molecule has 1 fully saturated rings. The number of anilines is 1. The van der Waals surface area contributed by atoms with Crippen LogP contribution >= 0.6 is 12.4 Å². The number of nitrogen functional groups attached to an aromatic ring is 1. The van der Waals surface area contributed by atoms with Crippen LogP contribution in [0.4, 0.5) is 5.69 Å². The van der Waals surface area contributed by atoms with Crippen LogP contribution in [0.2, 0.25) is 0 Å². The molecular formula is C14H21ClN2O. The van der Waals surface area contributed by atoms with Crippen LogP contribution < -0.4 is 5.73 Å². The number of hydrogen-bond donors (Lipinski definition) is 1. The monoisotopic (exact) mass is 268 g/mol. The van der Waals surface area contributed by atoms with E-state index in [0.717, 1.165) is 24.1 Å². The van der Waals surface area contributed by atoms with Crippen LogP contribution in [0, 0.1) is 12.8 Å². The minimum Gasteiger partial charge on any atom is -0.399 e. The van der Waals surface area contributed by atoms with Crippen LogP contribution in [-0.4, -0.2) is 23.4 Å². The largest absolute Gasteiger partial charge is 0.399 e. The molecule has 0 radical (unpaired) electrons. The molecule has 0 saturated carbocycles. The Balaban J connectivity index is 0.00000162. The number of rotatable bonds is 1. The number of nitrogens with zero attached hydrogens (tertiary/aromatic N) is 1. The van der Waals surface area contributed by atoms with E-state index in [-0.39, 0.29) is 18.3 Å². The Labute approximate surface area is 115 Å². The van der Waals surface area contributed by atoms with Gasteiger partial charge < -0.3 is 10.6 Å². The number of likely N-dealkylation sites (tertiary alicyclic amines) is 1. The molecule has 1 aromatic rings. The lowest BCUT2D eigenvalue weighted by molar-refractivity contribution is 0.0734. The van der Waals surface area contributed by atoms with Gasteiger partial charge in [-0.1, -0.05) is 13.0 Å². The predicted molar refractivity (Wildman–Crippen MR) is 77.1 cm³/mol. The van der Waals surface area contributed by atoms with E-state index in [4.69, 9.17) is 5.73 Å². The first-order chi connectivity index (χ1) is 8.00. The zero-order valence-corrected chi connectivity index (χ0v) is 12.0. The summed E-state index contributed by atoms with van der Waals surface area (Å²) in [5.74, 6) is 0.701. The molecule has 18 heavy (non-hydrogen) atoms. The predicted octanol–water partition coefficient (Wildman–Crippen LogP) is 2.87. The van der Waals surface area contributed by atoms with Gasteiger partial charge in [0.2, 0.25) is 0 Å². The SMILES string of the molecule is Cc1ccc(N)cc1C(=O)N1CCC(C)C1C.Cl. The molecule has 2 unspecified atom stereocenters. The summed E-state index contributed by atoms with van der Waals surface area (Å²) in [4.78, 5) is 14.4. The fourth-order valence-corrected chi connectivity index (χ4v) is 2.41. The third-order valence-corrected chi connectivity index (χ3v) is 3.89. The Hall–Kier alpha value is -1.22. The number of aryl methyl sites for hydroxylation is 1. The average Bonchev–Trinajstić information content (AvgIpc) is 2.62. The number of nitrogens with two attached hydrogens (primary N) is 1. The van der Waals surface area contributed by atoms with E-state index in [1.165, 1.54) is 0 Å².